The lowest BCUT2D eigenvalue weighted by Gasteiger charge is -2.30. The number of carbonyl (C=O) groups is 1. The third kappa shape index (κ3) is 2.97. The zero-order valence-electron chi connectivity index (χ0n) is 12.2. The second-order valence-electron chi connectivity index (χ2n) is 5.55. The van der Waals surface area contributed by atoms with Crippen LogP contribution in [-0.4, -0.2) is 54.2 Å². The Kier molecular flexibility index (Phi) is 3.88. The van der Waals surface area contributed by atoms with Crippen LogP contribution >= 0.6 is 0 Å². The van der Waals surface area contributed by atoms with Gasteiger partial charge in [0, 0.05) is 24.5 Å². The zero-order chi connectivity index (χ0) is 15.7. The number of carbonyl (C=O) groups excluding carboxylic acids is 1. The van der Waals surface area contributed by atoms with Gasteiger partial charge in [-0.1, -0.05) is 12.1 Å². The number of aromatic nitrogens is 2. The van der Waals surface area contributed by atoms with Crippen molar-refractivity contribution in [1.29, 1.82) is 0 Å². The van der Waals surface area contributed by atoms with E-state index >= 15 is 0 Å². The molecule has 1 saturated heterocycles. The van der Waals surface area contributed by atoms with Gasteiger partial charge in [-0.05, 0) is 18.9 Å². The number of nitrogens with zero attached hydrogens (tertiary/aromatic N) is 2. The van der Waals surface area contributed by atoms with Crippen molar-refractivity contribution in [1.82, 2.24) is 19.8 Å². The van der Waals surface area contributed by atoms with E-state index < -0.39 is 10.0 Å². The number of rotatable bonds is 3. The summed E-state index contributed by atoms with van der Waals surface area (Å²) in [5.74, 6) is -0.160. The molecule has 0 atom stereocenters. The van der Waals surface area contributed by atoms with Crippen molar-refractivity contribution >= 4 is 26.8 Å². The molecule has 0 aliphatic carbocycles. The lowest BCUT2D eigenvalue weighted by atomic mass is 10.1. The van der Waals surface area contributed by atoms with E-state index in [0.29, 0.717) is 37.0 Å². The number of piperidine rings is 1. The van der Waals surface area contributed by atoms with Crippen LogP contribution in [0.3, 0.4) is 0 Å². The highest BCUT2D eigenvalue weighted by Crippen LogP contribution is 2.17. The van der Waals surface area contributed by atoms with Crippen LogP contribution in [0.5, 0.6) is 0 Å². The highest BCUT2D eigenvalue weighted by Gasteiger charge is 2.26. The Morgan fingerprint density at radius 1 is 1.36 bits per heavy atom. The van der Waals surface area contributed by atoms with Gasteiger partial charge < -0.3 is 5.32 Å². The van der Waals surface area contributed by atoms with Gasteiger partial charge in [-0.15, -0.1) is 0 Å². The maximum absolute atomic E-state index is 12.4. The highest BCUT2D eigenvalue weighted by molar-refractivity contribution is 7.88. The van der Waals surface area contributed by atoms with Crippen LogP contribution < -0.4 is 5.32 Å². The van der Waals surface area contributed by atoms with Gasteiger partial charge in [-0.25, -0.2) is 12.7 Å². The van der Waals surface area contributed by atoms with E-state index in [1.807, 2.05) is 12.1 Å². The predicted octanol–water partition coefficient (Wildman–Crippen LogP) is 0.717. The third-order valence-corrected chi connectivity index (χ3v) is 5.28. The van der Waals surface area contributed by atoms with E-state index in [2.05, 4.69) is 15.5 Å². The Morgan fingerprint density at radius 3 is 2.77 bits per heavy atom. The van der Waals surface area contributed by atoms with E-state index in [1.54, 1.807) is 12.3 Å². The average molecular weight is 322 g/mol. The minimum atomic E-state index is -3.14. The van der Waals surface area contributed by atoms with Crippen LogP contribution in [0.25, 0.3) is 10.9 Å². The van der Waals surface area contributed by atoms with Crippen LogP contribution in [0, 0.1) is 0 Å². The number of aromatic amines is 1. The Balaban J connectivity index is 1.67. The Bertz CT molecular complexity index is 791. The molecule has 7 nitrogen and oxygen atoms in total. The molecule has 0 saturated carbocycles. The quantitative estimate of drug-likeness (QED) is 0.870. The van der Waals surface area contributed by atoms with E-state index in [4.69, 9.17) is 0 Å². The van der Waals surface area contributed by atoms with Crippen LogP contribution in [0.1, 0.15) is 23.2 Å². The average Bonchev–Trinajstić information content (AvgIpc) is 2.95. The van der Waals surface area contributed by atoms with Gasteiger partial charge in [0.2, 0.25) is 10.0 Å². The zero-order valence-corrected chi connectivity index (χ0v) is 13.1. The smallest absolute Gasteiger partial charge is 0.253 e. The van der Waals surface area contributed by atoms with Crippen LogP contribution in [0.15, 0.2) is 24.4 Å². The molecule has 1 fully saturated rings. The van der Waals surface area contributed by atoms with Gasteiger partial charge in [-0.3, -0.25) is 9.89 Å². The first-order valence-electron chi connectivity index (χ1n) is 7.13. The fraction of sp³-hybridized carbons (Fsp3) is 0.429. The minimum absolute atomic E-state index is 0.0105. The first-order valence-corrected chi connectivity index (χ1v) is 8.98. The molecule has 1 aromatic carbocycles. The Morgan fingerprint density at radius 2 is 2.09 bits per heavy atom. The molecule has 0 spiro atoms. The van der Waals surface area contributed by atoms with E-state index in [1.165, 1.54) is 10.6 Å². The molecular weight excluding hydrogens is 304 g/mol. The van der Waals surface area contributed by atoms with Gasteiger partial charge in [0.15, 0.2) is 0 Å². The summed E-state index contributed by atoms with van der Waals surface area (Å²) in [6.07, 6.45) is 4.14. The standard InChI is InChI=1S/C14H18N4O3S/c1-22(20,21)18-7-5-11(6-8-18)16-14(19)12-4-2-3-10-9-15-17-13(10)12/h2-4,9,11H,5-8H2,1H3,(H,15,17)(H,16,19). The molecule has 1 aromatic heterocycles. The van der Waals surface area contributed by atoms with Crippen molar-refractivity contribution in [2.45, 2.75) is 18.9 Å². The summed E-state index contributed by atoms with van der Waals surface area (Å²) in [5.41, 5.74) is 1.27. The van der Waals surface area contributed by atoms with Gasteiger partial charge in [0.25, 0.3) is 5.91 Å². The molecule has 1 aliphatic heterocycles. The molecule has 2 aromatic rings. The number of nitrogens with one attached hydrogen (secondary N) is 2. The number of para-hydroxylation sites is 1. The maximum atomic E-state index is 12.4. The molecule has 22 heavy (non-hydrogen) atoms. The molecule has 118 valence electrons. The fourth-order valence-electron chi connectivity index (χ4n) is 2.75. The predicted molar refractivity (Wildman–Crippen MR) is 83.0 cm³/mol. The van der Waals surface area contributed by atoms with Crippen molar-refractivity contribution in [2.24, 2.45) is 0 Å². The molecule has 3 rings (SSSR count). The highest BCUT2D eigenvalue weighted by atomic mass is 32.2. The lowest BCUT2D eigenvalue weighted by molar-refractivity contribution is 0.0925. The largest absolute Gasteiger partial charge is 0.349 e. The molecule has 2 heterocycles. The summed E-state index contributed by atoms with van der Waals surface area (Å²) in [4.78, 5) is 12.4. The molecular formula is C14H18N4O3S. The molecule has 0 radical (unpaired) electrons. The number of benzene rings is 1. The SMILES string of the molecule is CS(=O)(=O)N1CCC(NC(=O)c2cccc3cn[nH]c23)CC1. The monoisotopic (exact) mass is 322 g/mol. The van der Waals surface area contributed by atoms with Crippen molar-refractivity contribution in [3.63, 3.8) is 0 Å². The number of hydrogen-bond donors (Lipinski definition) is 2. The summed E-state index contributed by atoms with van der Waals surface area (Å²) in [5, 5.41) is 10.7. The van der Waals surface area contributed by atoms with E-state index in [-0.39, 0.29) is 11.9 Å². The number of amides is 1. The first kappa shape index (κ1) is 15.0. The van der Waals surface area contributed by atoms with Crippen LogP contribution in [0.4, 0.5) is 0 Å². The Hall–Kier alpha value is -1.93. The van der Waals surface area contributed by atoms with Gasteiger partial charge in [0.1, 0.15) is 0 Å². The summed E-state index contributed by atoms with van der Waals surface area (Å²) >= 11 is 0. The van der Waals surface area contributed by atoms with Gasteiger partial charge in [0.05, 0.1) is 23.5 Å². The number of H-pyrrole nitrogens is 1. The van der Waals surface area contributed by atoms with Crippen molar-refractivity contribution in [2.75, 3.05) is 19.3 Å². The lowest BCUT2D eigenvalue weighted by Crippen LogP contribution is -2.46. The third-order valence-electron chi connectivity index (χ3n) is 3.98. The second kappa shape index (κ2) is 5.69. The Labute approximate surface area is 128 Å². The fourth-order valence-corrected chi connectivity index (χ4v) is 3.63. The summed E-state index contributed by atoms with van der Waals surface area (Å²) in [6.45, 7) is 0.885. The van der Waals surface area contributed by atoms with E-state index in [0.717, 1.165) is 5.39 Å². The maximum Gasteiger partial charge on any atom is 0.253 e. The number of fused-ring (bicyclic) bond motifs is 1. The molecule has 0 bridgehead atoms. The van der Waals surface area contributed by atoms with Crippen LogP contribution in [-0.2, 0) is 10.0 Å². The second-order valence-corrected chi connectivity index (χ2v) is 7.53. The normalized spacial score (nSPS) is 17.7. The van der Waals surface area contributed by atoms with Crippen LogP contribution in [0.2, 0.25) is 0 Å². The summed E-state index contributed by atoms with van der Waals surface area (Å²) < 4.78 is 24.4. The summed E-state index contributed by atoms with van der Waals surface area (Å²) in [6, 6.07) is 5.45. The molecule has 0 unspecified atom stereocenters. The van der Waals surface area contributed by atoms with Gasteiger partial charge >= 0.3 is 0 Å². The van der Waals surface area contributed by atoms with Crippen molar-refractivity contribution in [3.8, 4) is 0 Å². The molecule has 1 amide bonds. The van der Waals surface area contributed by atoms with Crippen molar-refractivity contribution < 1.29 is 13.2 Å². The molecule has 1 aliphatic rings. The number of sulfonamides is 1. The topological polar surface area (TPSA) is 95.2 Å². The molecule has 8 heteroatoms. The van der Waals surface area contributed by atoms with Crippen molar-refractivity contribution in [3.05, 3.63) is 30.0 Å². The number of hydrogen-bond acceptors (Lipinski definition) is 4. The molecule has 2 N–H and O–H groups in total. The van der Waals surface area contributed by atoms with Gasteiger partial charge in [-0.2, -0.15) is 5.10 Å². The minimum Gasteiger partial charge on any atom is -0.349 e. The summed E-state index contributed by atoms with van der Waals surface area (Å²) in [7, 11) is -3.14. The first-order chi connectivity index (χ1) is 10.4. The van der Waals surface area contributed by atoms with E-state index in [9.17, 15) is 13.2 Å².